The van der Waals surface area contributed by atoms with E-state index in [0.29, 0.717) is 37.5 Å². The number of amides is 1. The maximum atomic E-state index is 12.0. The second-order valence-corrected chi connectivity index (χ2v) is 3.54. The summed E-state index contributed by atoms with van der Waals surface area (Å²) in [4.78, 5) is 16.4. The highest BCUT2D eigenvalue weighted by molar-refractivity contribution is 5.93. The number of nitrogens with two attached hydrogens (primary N) is 1. The number of nitrogens with zero attached hydrogens (tertiary/aromatic N) is 2. The van der Waals surface area contributed by atoms with E-state index in [1.54, 1.807) is 24.3 Å². The van der Waals surface area contributed by atoms with Crippen LogP contribution in [0.15, 0.2) is 12.3 Å². The molecule has 92 valence electrons. The van der Waals surface area contributed by atoms with Crippen LogP contribution in [0.5, 0.6) is 0 Å². The van der Waals surface area contributed by atoms with Gasteiger partial charge in [-0.05, 0) is 6.07 Å². The lowest BCUT2D eigenvalue weighted by molar-refractivity contribution is 0.0695. The molecule has 0 saturated carbocycles. The van der Waals surface area contributed by atoms with E-state index in [1.807, 2.05) is 6.07 Å². The van der Waals surface area contributed by atoms with Gasteiger partial charge in [0.1, 0.15) is 5.69 Å². The highest BCUT2D eigenvalue weighted by Crippen LogP contribution is 2.08. The zero-order valence-electron chi connectivity index (χ0n) is 9.77. The van der Waals surface area contributed by atoms with Gasteiger partial charge >= 0.3 is 0 Å². The standard InChI is InChI=1S/C11H16N4O2/c1-17-6-5-15(4-2-3-12)11(16)10-7-9(13)8-14-10/h7-8,14H,2,4-6,13H2,1H3. The summed E-state index contributed by atoms with van der Waals surface area (Å²) in [6.07, 6.45) is 1.86. The normalized spacial score (nSPS) is 9.88. The number of anilines is 1. The van der Waals surface area contributed by atoms with E-state index in [0.717, 1.165) is 0 Å². The zero-order valence-corrected chi connectivity index (χ0v) is 9.77. The molecule has 0 bridgehead atoms. The molecule has 0 aliphatic rings. The SMILES string of the molecule is COCCN(CCC#N)C(=O)c1cc(N)c[nH]1. The van der Waals surface area contributed by atoms with Gasteiger partial charge in [0.05, 0.1) is 19.1 Å². The molecule has 0 aromatic carbocycles. The molecule has 0 spiro atoms. The molecule has 1 amide bonds. The van der Waals surface area contributed by atoms with Crippen LogP contribution in [-0.2, 0) is 4.74 Å². The summed E-state index contributed by atoms with van der Waals surface area (Å²) in [5.41, 5.74) is 6.48. The van der Waals surface area contributed by atoms with E-state index in [9.17, 15) is 4.79 Å². The number of nitrogens with one attached hydrogen (secondary N) is 1. The van der Waals surface area contributed by atoms with Gasteiger partial charge in [0, 0.05) is 32.1 Å². The van der Waals surface area contributed by atoms with Crippen molar-refractivity contribution in [1.29, 1.82) is 5.26 Å². The van der Waals surface area contributed by atoms with E-state index in [1.165, 1.54) is 0 Å². The van der Waals surface area contributed by atoms with E-state index in [-0.39, 0.29) is 5.91 Å². The van der Waals surface area contributed by atoms with Crippen molar-refractivity contribution < 1.29 is 9.53 Å². The van der Waals surface area contributed by atoms with Gasteiger partial charge in [-0.25, -0.2) is 0 Å². The van der Waals surface area contributed by atoms with Gasteiger partial charge in [0.2, 0.25) is 0 Å². The summed E-state index contributed by atoms with van der Waals surface area (Å²) in [6.45, 7) is 1.28. The summed E-state index contributed by atoms with van der Waals surface area (Å²) < 4.78 is 4.93. The first kappa shape index (κ1) is 13.1. The number of ether oxygens (including phenoxy) is 1. The fraction of sp³-hybridized carbons (Fsp3) is 0.455. The summed E-state index contributed by atoms with van der Waals surface area (Å²) >= 11 is 0. The predicted molar refractivity (Wildman–Crippen MR) is 63.2 cm³/mol. The van der Waals surface area contributed by atoms with Crippen LogP contribution in [0.3, 0.4) is 0 Å². The van der Waals surface area contributed by atoms with Crippen LogP contribution in [-0.4, -0.2) is 42.6 Å². The van der Waals surface area contributed by atoms with Gasteiger partial charge in [0.25, 0.3) is 5.91 Å². The number of aromatic amines is 1. The summed E-state index contributed by atoms with van der Waals surface area (Å²) in [5, 5.41) is 8.55. The number of hydrogen-bond donors (Lipinski definition) is 2. The Labute approximate surface area is 100.0 Å². The first-order chi connectivity index (χ1) is 8.19. The number of aromatic nitrogens is 1. The summed E-state index contributed by atoms with van der Waals surface area (Å²) in [7, 11) is 1.57. The Kier molecular flexibility index (Phi) is 5.04. The highest BCUT2D eigenvalue weighted by Gasteiger charge is 2.16. The van der Waals surface area contributed by atoms with Crippen molar-refractivity contribution in [3.8, 4) is 6.07 Å². The minimum atomic E-state index is -0.172. The summed E-state index contributed by atoms with van der Waals surface area (Å²) in [6, 6.07) is 3.59. The number of carbonyl (C=O) groups excluding carboxylic acids is 1. The van der Waals surface area contributed by atoms with Crippen molar-refractivity contribution in [1.82, 2.24) is 9.88 Å². The molecular weight excluding hydrogens is 220 g/mol. The molecule has 1 aromatic heterocycles. The fourth-order valence-electron chi connectivity index (χ4n) is 1.41. The highest BCUT2D eigenvalue weighted by atomic mass is 16.5. The average molecular weight is 236 g/mol. The molecule has 1 aromatic rings. The van der Waals surface area contributed by atoms with Gasteiger partial charge in [-0.2, -0.15) is 5.26 Å². The van der Waals surface area contributed by atoms with Gasteiger partial charge in [-0.1, -0.05) is 0 Å². The molecule has 0 unspecified atom stereocenters. The van der Waals surface area contributed by atoms with Crippen LogP contribution in [0.1, 0.15) is 16.9 Å². The number of nitrogen functional groups attached to an aromatic ring is 1. The Morgan fingerprint density at radius 3 is 2.94 bits per heavy atom. The van der Waals surface area contributed by atoms with Crippen LogP contribution >= 0.6 is 0 Å². The first-order valence-corrected chi connectivity index (χ1v) is 5.28. The lowest BCUT2D eigenvalue weighted by Gasteiger charge is -2.20. The Balaban J connectivity index is 2.68. The number of rotatable bonds is 6. The third-order valence-corrected chi connectivity index (χ3v) is 2.28. The second-order valence-electron chi connectivity index (χ2n) is 3.54. The van der Waals surface area contributed by atoms with Crippen LogP contribution in [0, 0.1) is 11.3 Å². The van der Waals surface area contributed by atoms with Gasteiger partial charge in [-0.15, -0.1) is 0 Å². The van der Waals surface area contributed by atoms with Crippen molar-refractivity contribution in [2.24, 2.45) is 0 Å². The lowest BCUT2D eigenvalue weighted by Crippen LogP contribution is -2.34. The molecule has 0 aliphatic heterocycles. The van der Waals surface area contributed by atoms with Crippen LogP contribution in [0.25, 0.3) is 0 Å². The van der Waals surface area contributed by atoms with Crippen molar-refractivity contribution in [2.75, 3.05) is 32.5 Å². The monoisotopic (exact) mass is 236 g/mol. The molecule has 0 aliphatic carbocycles. The number of carbonyl (C=O) groups is 1. The predicted octanol–water partition coefficient (Wildman–Crippen LogP) is 0.599. The molecule has 0 atom stereocenters. The Morgan fingerprint density at radius 2 is 2.41 bits per heavy atom. The third-order valence-electron chi connectivity index (χ3n) is 2.28. The number of hydrogen-bond acceptors (Lipinski definition) is 4. The number of methoxy groups -OCH3 is 1. The maximum Gasteiger partial charge on any atom is 0.270 e. The molecule has 1 heterocycles. The molecule has 6 nitrogen and oxygen atoms in total. The molecule has 0 radical (unpaired) electrons. The van der Waals surface area contributed by atoms with Gasteiger partial charge < -0.3 is 20.4 Å². The smallest absolute Gasteiger partial charge is 0.270 e. The van der Waals surface area contributed by atoms with Crippen molar-refractivity contribution in [3.63, 3.8) is 0 Å². The number of nitriles is 1. The van der Waals surface area contributed by atoms with Crippen molar-refractivity contribution >= 4 is 11.6 Å². The van der Waals surface area contributed by atoms with Crippen molar-refractivity contribution in [3.05, 3.63) is 18.0 Å². The average Bonchev–Trinajstić information content (AvgIpc) is 2.75. The van der Waals surface area contributed by atoms with Gasteiger partial charge in [-0.3, -0.25) is 4.79 Å². The van der Waals surface area contributed by atoms with Crippen LogP contribution in [0.4, 0.5) is 5.69 Å². The molecule has 6 heteroatoms. The van der Waals surface area contributed by atoms with Gasteiger partial charge in [0.15, 0.2) is 0 Å². The van der Waals surface area contributed by atoms with Crippen LogP contribution < -0.4 is 5.73 Å². The largest absolute Gasteiger partial charge is 0.397 e. The zero-order chi connectivity index (χ0) is 12.7. The Bertz CT molecular complexity index is 408. The van der Waals surface area contributed by atoms with Crippen LogP contribution in [0.2, 0.25) is 0 Å². The van der Waals surface area contributed by atoms with Crippen molar-refractivity contribution in [2.45, 2.75) is 6.42 Å². The second kappa shape index (κ2) is 6.55. The van der Waals surface area contributed by atoms with E-state index < -0.39 is 0 Å². The van der Waals surface area contributed by atoms with E-state index in [4.69, 9.17) is 15.7 Å². The molecule has 0 fully saturated rings. The topological polar surface area (TPSA) is 95.1 Å². The maximum absolute atomic E-state index is 12.0. The number of H-pyrrole nitrogens is 1. The third kappa shape index (κ3) is 3.81. The minimum absolute atomic E-state index is 0.172. The van der Waals surface area contributed by atoms with E-state index in [2.05, 4.69) is 4.98 Å². The molecule has 17 heavy (non-hydrogen) atoms. The fourth-order valence-corrected chi connectivity index (χ4v) is 1.41. The summed E-state index contributed by atoms with van der Waals surface area (Å²) in [5.74, 6) is -0.172. The lowest BCUT2D eigenvalue weighted by atomic mass is 10.3. The minimum Gasteiger partial charge on any atom is -0.397 e. The first-order valence-electron chi connectivity index (χ1n) is 5.28. The van der Waals surface area contributed by atoms with E-state index >= 15 is 0 Å². The Hall–Kier alpha value is -2.00. The molecular formula is C11H16N4O2. The molecule has 3 N–H and O–H groups in total. The molecule has 0 saturated heterocycles. The quantitative estimate of drug-likeness (QED) is 0.756. The Morgan fingerprint density at radius 1 is 1.65 bits per heavy atom. The molecule has 1 rings (SSSR count).